The lowest BCUT2D eigenvalue weighted by Gasteiger charge is -2.23. The van der Waals surface area contributed by atoms with E-state index in [1.165, 1.54) is 0 Å². The number of carbonyl (C=O) groups is 5. The number of aliphatic carboxylic acids is 5. The number of rotatable bonds is 13. The maximum Gasteiger partial charge on any atom is 0.335 e. The van der Waals surface area contributed by atoms with Crippen molar-refractivity contribution in [3.05, 3.63) is 0 Å². The van der Waals surface area contributed by atoms with E-state index in [-0.39, 0.29) is 0 Å². The summed E-state index contributed by atoms with van der Waals surface area (Å²) < 4.78 is 0. The van der Waals surface area contributed by atoms with Gasteiger partial charge in [0.25, 0.3) is 0 Å². The van der Waals surface area contributed by atoms with Gasteiger partial charge in [0.05, 0.1) is 6.61 Å². The third kappa shape index (κ3) is 14.3. The molecule has 0 aromatic carbocycles. The van der Waals surface area contributed by atoms with Crippen molar-refractivity contribution < 1.29 is 106 Å². The highest BCUT2D eigenvalue weighted by atomic mass is 16.5. The van der Waals surface area contributed by atoms with Gasteiger partial charge >= 0.3 is 29.8 Å². The van der Waals surface area contributed by atoms with Crippen molar-refractivity contribution in [1.29, 1.82) is 0 Å². The van der Waals surface area contributed by atoms with Crippen molar-refractivity contribution in [3.63, 3.8) is 0 Å². The molecule has 0 spiro atoms. The van der Waals surface area contributed by atoms with E-state index in [9.17, 15) is 24.0 Å². The van der Waals surface area contributed by atoms with Crippen molar-refractivity contribution in [2.45, 2.75) is 61.0 Å². The van der Waals surface area contributed by atoms with Crippen LogP contribution in [0.4, 0.5) is 0 Å². The van der Waals surface area contributed by atoms with Crippen molar-refractivity contribution >= 4 is 29.8 Å². The Hall–Kier alpha value is -3.09. The summed E-state index contributed by atoms with van der Waals surface area (Å²) in [4.78, 5) is 49.8. The first-order chi connectivity index (χ1) is 16.7. The molecule has 0 aromatic rings. The second-order valence-corrected chi connectivity index (χ2v) is 6.63. The topological polar surface area (TPSA) is 409 Å². The fourth-order valence-electron chi connectivity index (χ4n) is 1.60. The molecule has 0 saturated heterocycles. The highest BCUT2D eigenvalue weighted by Gasteiger charge is 2.37. The summed E-state index contributed by atoms with van der Waals surface area (Å²) in [6.45, 7) is -0.843. The minimum absolute atomic E-state index is 0.843. The fraction of sp³-hybridized carbons (Fsp3) is 0.688. The van der Waals surface area contributed by atoms with Crippen LogP contribution < -0.4 is 0 Å². The predicted molar refractivity (Wildman–Crippen MR) is 105 cm³/mol. The molecule has 37 heavy (non-hydrogen) atoms. The second-order valence-electron chi connectivity index (χ2n) is 6.63. The third-order valence-corrected chi connectivity index (χ3v) is 3.82. The number of carboxylic acids is 5. The molecule has 0 radical (unpaired) electrons. The molecular weight excluding hydrogens is 528 g/mol. The quantitative estimate of drug-likeness (QED) is 0.1000. The summed E-state index contributed by atoms with van der Waals surface area (Å²) in [6, 6.07) is 0. The Labute approximate surface area is 204 Å². The van der Waals surface area contributed by atoms with Gasteiger partial charge in [-0.3, -0.25) is 0 Å². The number of carboxylic acid groups (broad SMARTS) is 5. The molecule has 0 aliphatic carbocycles. The van der Waals surface area contributed by atoms with Gasteiger partial charge in [0.15, 0.2) is 30.5 Å². The Morgan fingerprint density at radius 1 is 0.378 bits per heavy atom. The van der Waals surface area contributed by atoms with Crippen LogP contribution in [-0.2, 0) is 24.0 Å². The van der Waals surface area contributed by atoms with Crippen LogP contribution in [0, 0.1) is 0 Å². The molecule has 0 heterocycles. The van der Waals surface area contributed by atoms with Gasteiger partial charge in [0, 0.05) is 0 Å². The summed E-state index contributed by atoms with van der Waals surface area (Å²) in [5.74, 6) is -8.94. The van der Waals surface area contributed by atoms with Gasteiger partial charge in [-0.2, -0.15) is 0 Å². The predicted octanol–water partition coefficient (Wildman–Crippen LogP) is -9.02. The zero-order chi connectivity index (χ0) is 30.4. The van der Waals surface area contributed by atoms with E-state index in [0.29, 0.717) is 0 Å². The van der Waals surface area contributed by atoms with E-state index in [1.807, 2.05) is 0 Å². The van der Waals surface area contributed by atoms with Crippen molar-refractivity contribution in [2.75, 3.05) is 6.61 Å². The van der Waals surface area contributed by atoms with Gasteiger partial charge < -0.3 is 81.7 Å². The molecule has 0 aliphatic heterocycles. The molecule has 218 valence electrons. The monoisotopic (exact) mass is 556 g/mol. The Kier molecular flexibility index (Phi) is 18.9. The minimum atomic E-state index is -2.36. The molecule has 0 saturated carbocycles. The number of aliphatic hydroxyl groups excluding tert-OH is 11. The summed E-state index contributed by atoms with van der Waals surface area (Å²) in [7, 11) is 0. The second kappa shape index (κ2) is 18.2. The van der Waals surface area contributed by atoms with Gasteiger partial charge in [-0.25, -0.2) is 24.0 Å². The summed E-state index contributed by atoms with van der Waals surface area (Å²) in [5.41, 5.74) is 0. The van der Waals surface area contributed by atoms with Gasteiger partial charge in [-0.05, 0) is 0 Å². The molecule has 10 atom stereocenters. The number of hydrogen-bond acceptors (Lipinski definition) is 16. The first-order valence-electron chi connectivity index (χ1n) is 9.22. The van der Waals surface area contributed by atoms with Gasteiger partial charge in [-0.1, -0.05) is 0 Å². The van der Waals surface area contributed by atoms with Crippen LogP contribution in [0.1, 0.15) is 0 Å². The maximum absolute atomic E-state index is 10.1. The average molecular weight is 556 g/mol. The summed E-state index contributed by atoms with van der Waals surface area (Å²) in [6.07, 6.45) is -21.7. The van der Waals surface area contributed by atoms with E-state index in [4.69, 9.17) is 81.7 Å². The molecule has 21 nitrogen and oxygen atoms in total. The molecular formula is C16H28O21. The lowest BCUT2D eigenvalue weighted by atomic mass is 10.0. The van der Waals surface area contributed by atoms with Crippen molar-refractivity contribution in [1.82, 2.24) is 0 Å². The minimum Gasteiger partial charge on any atom is -0.479 e. The van der Waals surface area contributed by atoms with E-state index in [1.54, 1.807) is 0 Å². The lowest BCUT2D eigenvalue weighted by Crippen LogP contribution is -2.49. The molecule has 0 aromatic heterocycles. The van der Waals surface area contributed by atoms with Gasteiger partial charge in [0.1, 0.15) is 30.5 Å². The number of aliphatic hydroxyl groups is 11. The zero-order valence-corrected chi connectivity index (χ0v) is 18.2. The van der Waals surface area contributed by atoms with Crippen LogP contribution >= 0.6 is 0 Å². The van der Waals surface area contributed by atoms with Crippen molar-refractivity contribution in [2.24, 2.45) is 0 Å². The zero-order valence-electron chi connectivity index (χ0n) is 18.2. The molecule has 0 bridgehead atoms. The third-order valence-electron chi connectivity index (χ3n) is 3.82. The van der Waals surface area contributed by atoms with E-state index in [0.717, 1.165) is 0 Å². The van der Waals surface area contributed by atoms with E-state index in [2.05, 4.69) is 0 Å². The molecule has 16 N–H and O–H groups in total. The Morgan fingerprint density at radius 2 is 0.568 bits per heavy atom. The summed E-state index contributed by atoms with van der Waals surface area (Å²) in [5, 5.41) is 136. The molecule has 0 rings (SSSR count). The SMILES string of the molecule is O=C(O)C(O)C(O)C(=O)O.O=C(O)[C@@H](O)[C@@H](O)[C@H](O)[C@@H](O)C(=O)O.O=C(O)[C@H](O)[C@@H](O)[C@H](O)[C@H](O)CO. The van der Waals surface area contributed by atoms with Crippen LogP contribution in [0.25, 0.3) is 0 Å². The highest BCUT2D eigenvalue weighted by Crippen LogP contribution is 2.06. The Balaban J connectivity index is -0.000000476. The standard InChI is InChI=1S/C6H10O8.C6H12O7.C4H6O6/c7-1(3(9)5(11)12)2(8)4(10)6(13)14;7-1-2(8)3(9)4(10)5(11)6(12)13;5-1(3(7)8)2(6)4(9)10/h1-4,7-10H,(H,11,12)(H,13,14);2-5,7-11H,1H2,(H,12,13);1-2,5-6H,(H,7,8)(H,9,10)/t1-,2-,3-,4+;2-,3-,4+,5-;/m01./s1. The molecule has 2 unspecified atom stereocenters. The first kappa shape index (κ1) is 38.4. The fourth-order valence-corrected chi connectivity index (χ4v) is 1.60. The Morgan fingerprint density at radius 3 is 0.730 bits per heavy atom. The first-order valence-corrected chi connectivity index (χ1v) is 9.22. The largest absolute Gasteiger partial charge is 0.479 e. The van der Waals surface area contributed by atoms with E-state index >= 15 is 0 Å². The highest BCUT2D eigenvalue weighted by molar-refractivity contribution is 5.83. The molecule has 0 aliphatic rings. The van der Waals surface area contributed by atoms with Gasteiger partial charge in [-0.15, -0.1) is 0 Å². The van der Waals surface area contributed by atoms with Crippen molar-refractivity contribution in [3.8, 4) is 0 Å². The molecule has 0 amide bonds. The van der Waals surface area contributed by atoms with Crippen LogP contribution in [0.15, 0.2) is 0 Å². The Bertz CT molecular complexity index is 698. The lowest BCUT2D eigenvalue weighted by molar-refractivity contribution is -0.172. The normalized spacial score (nSPS) is 18.8. The van der Waals surface area contributed by atoms with Crippen LogP contribution in [0.2, 0.25) is 0 Å². The van der Waals surface area contributed by atoms with Crippen LogP contribution in [0.3, 0.4) is 0 Å². The molecule has 0 fully saturated rings. The van der Waals surface area contributed by atoms with Gasteiger partial charge in [0.2, 0.25) is 0 Å². The average Bonchev–Trinajstić information content (AvgIpc) is 2.84. The maximum atomic E-state index is 10.1. The number of hydrogen-bond donors (Lipinski definition) is 16. The smallest absolute Gasteiger partial charge is 0.335 e. The van der Waals surface area contributed by atoms with Crippen LogP contribution in [-0.4, -0.2) is 179 Å². The summed E-state index contributed by atoms with van der Waals surface area (Å²) >= 11 is 0. The van der Waals surface area contributed by atoms with Crippen LogP contribution in [0.5, 0.6) is 0 Å². The van der Waals surface area contributed by atoms with E-state index < -0.39 is 97.5 Å². The molecule has 21 heteroatoms.